The molecule has 2 nitrogen and oxygen atoms in total. The second-order valence-corrected chi connectivity index (χ2v) is 7.38. The Kier molecular flexibility index (Phi) is 6.83. The number of hydrogen-bond acceptors (Lipinski definition) is 3. The van der Waals surface area contributed by atoms with Gasteiger partial charge in [-0.25, -0.2) is 0 Å². The fourth-order valence-corrected chi connectivity index (χ4v) is 3.53. The smallest absolute Gasteiger partial charge is 0.233 e. The highest BCUT2D eigenvalue weighted by atomic mass is 32.2. The van der Waals surface area contributed by atoms with Gasteiger partial charge < -0.3 is 5.32 Å². The molecule has 1 heterocycles. The van der Waals surface area contributed by atoms with Gasteiger partial charge in [-0.05, 0) is 42.5 Å². The Bertz CT molecular complexity index is 525. The normalized spacial score (nSPS) is 12.0. The maximum Gasteiger partial charge on any atom is 0.233 e. The molecule has 2 aromatic rings. The average Bonchev–Trinajstić information content (AvgIpc) is 3.03. The monoisotopic (exact) mass is 319 g/mol. The van der Waals surface area contributed by atoms with Crippen molar-refractivity contribution in [2.75, 3.05) is 5.75 Å². The lowest BCUT2D eigenvalue weighted by Crippen LogP contribution is -2.30. The number of carbonyl (C=O) groups excluding carboxylic acids is 1. The molecule has 0 fully saturated rings. The van der Waals surface area contributed by atoms with Gasteiger partial charge in [-0.3, -0.25) is 4.79 Å². The Morgan fingerprint density at radius 1 is 1.24 bits per heavy atom. The summed E-state index contributed by atoms with van der Waals surface area (Å²) in [7, 11) is 0. The Labute approximate surface area is 135 Å². The van der Waals surface area contributed by atoms with E-state index in [0.29, 0.717) is 6.54 Å². The van der Waals surface area contributed by atoms with Gasteiger partial charge in [0.05, 0.1) is 11.8 Å². The zero-order valence-corrected chi connectivity index (χ0v) is 13.9. The van der Waals surface area contributed by atoms with Crippen LogP contribution < -0.4 is 5.32 Å². The van der Waals surface area contributed by atoms with Crippen LogP contribution in [0.2, 0.25) is 0 Å². The number of hydrogen-bond donors (Lipinski definition) is 1. The molecule has 1 aromatic carbocycles. The zero-order chi connectivity index (χ0) is 14.9. The van der Waals surface area contributed by atoms with Crippen LogP contribution in [0.25, 0.3) is 0 Å². The molecule has 1 amide bonds. The quantitative estimate of drug-likeness (QED) is 0.742. The zero-order valence-electron chi connectivity index (χ0n) is 12.2. The van der Waals surface area contributed by atoms with E-state index in [9.17, 15) is 4.79 Å². The van der Waals surface area contributed by atoms with Crippen molar-refractivity contribution in [3.8, 4) is 0 Å². The van der Waals surface area contributed by atoms with Crippen molar-refractivity contribution >= 4 is 29.0 Å². The number of thioether (sulfide) groups is 1. The molecule has 0 spiro atoms. The third-order valence-electron chi connectivity index (χ3n) is 3.21. The van der Waals surface area contributed by atoms with Crippen LogP contribution in [0, 0.1) is 0 Å². The number of nitrogens with one attached hydrogen (secondary N) is 1. The van der Waals surface area contributed by atoms with Crippen LogP contribution in [0.3, 0.4) is 0 Å². The van der Waals surface area contributed by atoms with Crippen molar-refractivity contribution in [1.29, 1.82) is 0 Å². The summed E-state index contributed by atoms with van der Waals surface area (Å²) in [6.07, 6.45) is 2.19. The molecule has 0 aliphatic heterocycles. The molecule has 0 bridgehead atoms. The summed E-state index contributed by atoms with van der Waals surface area (Å²) in [6.45, 7) is 2.63. The molecule has 2 rings (SSSR count). The second kappa shape index (κ2) is 8.90. The average molecular weight is 319 g/mol. The third kappa shape index (κ3) is 5.94. The highest BCUT2D eigenvalue weighted by molar-refractivity contribution is 8.00. The van der Waals surface area contributed by atoms with E-state index in [4.69, 9.17) is 0 Å². The molecule has 1 atom stereocenters. The van der Waals surface area contributed by atoms with Crippen LogP contribution in [0.15, 0.2) is 47.8 Å². The number of thiophene rings is 1. The molecular formula is C17H21NOS2. The fraction of sp³-hybridized carbons (Fsp3) is 0.353. The molecule has 4 heteroatoms. The van der Waals surface area contributed by atoms with Crippen molar-refractivity contribution in [2.45, 2.75) is 31.6 Å². The first-order chi connectivity index (χ1) is 10.3. The van der Waals surface area contributed by atoms with Crippen molar-refractivity contribution in [3.63, 3.8) is 0 Å². The molecule has 1 aromatic heterocycles. The number of rotatable bonds is 8. The van der Waals surface area contributed by atoms with Crippen molar-refractivity contribution in [2.24, 2.45) is 0 Å². The Morgan fingerprint density at radius 2 is 2.05 bits per heavy atom. The third-order valence-corrected chi connectivity index (χ3v) is 5.32. The first-order valence-electron chi connectivity index (χ1n) is 7.21. The maximum atomic E-state index is 12.0. The Hall–Kier alpha value is -1.26. The molecule has 21 heavy (non-hydrogen) atoms. The molecule has 0 aliphatic carbocycles. The highest BCUT2D eigenvalue weighted by Crippen LogP contribution is 2.14. The molecule has 1 N–H and O–H groups in total. The van der Waals surface area contributed by atoms with E-state index in [2.05, 4.69) is 29.6 Å². The summed E-state index contributed by atoms with van der Waals surface area (Å²) in [5.41, 5.74) is 1.37. The summed E-state index contributed by atoms with van der Waals surface area (Å²) >= 11 is 3.41. The standard InChI is InChI=1S/C17H21NOS2/c1-14(17(19)18-13-16-10-6-12-21-16)20-11-5-9-15-7-3-2-4-8-15/h2-4,6-8,10,12,14H,5,9,11,13H2,1H3,(H,18,19). The summed E-state index contributed by atoms with van der Waals surface area (Å²) in [5, 5.41) is 5.04. The van der Waals surface area contributed by atoms with Gasteiger partial charge in [0, 0.05) is 4.88 Å². The Balaban J connectivity index is 1.60. The van der Waals surface area contributed by atoms with E-state index in [-0.39, 0.29) is 11.2 Å². The van der Waals surface area contributed by atoms with Gasteiger partial charge in [0.2, 0.25) is 5.91 Å². The number of benzene rings is 1. The largest absolute Gasteiger partial charge is 0.350 e. The van der Waals surface area contributed by atoms with Crippen LogP contribution in [0.5, 0.6) is 0 Å². The lowest BCUT2D eigenvalue weighted by molar-refractivity contribution is -0.120. The molecule has 112 valence electrons. The summed E-state index contributed by atoms with van der Waals surface area (Å²) in [6, 6.07) is 14.5. The molecule has 0 aliphatic rings. The molecule has 0 radical (unpaired) electrons. The lowest BCUT2D eigenvalue weighted by atomic mass is 10.1. The van der Waals surface area contributed by atoms with Crippen molar-refractivity contribution in [1.82, 2.24) is 5.32 Å². The predicted molar refractivity (Wildman–Crippen MR) is 92.8 cm³/mol. The van der Waals surface area contributed by atoms with Gasteiger partial charge in [-0.1, -0.05) is 36.4 Å². The maximum absolute atomic E-state index is 12.0. The van der Waals surface area contributed by atoms with E-state index in [1.54, 1.807) is 23.1 Å². The molecule has 0 saturated carbocycles. The fourth-order valence-electron chi connectivity index (χ4n) is 1.99. The van der Waals surface area contributed by atoms with Crippen LogP contribution in [-0.2, 0) is 17.8 Å². The summed E-state index contributed by atoms with van der Waals surface area (Å²) in [5.74, 6) is 1.15. The summed E-state index contributed by atoms with van der Waals surface area (Å²) in [4.78, 5) is 13.2. The Morgan fingerprint density at radius 3 is 2.76 bits per heavy atom. The van der Waals surface area contributed by atoms with E-state index < -0.39 is 0 Å². The number of carbonyl (C=O) groups is 1. The molecule has 0 saturated heterocycles. The van der Waals surface area contributed by atoms with Crippen LogP contribution in [-0.4, -0.2) is 16.9 Å². The molecular weight excluding hydrogens is 298 g/mol. The SMILES string of the molecule is CC(SCCCc1ccccc1)C(=O)NCc1cccs1. The van der Waals surface area contributed by atoms with Gasteiger partial charge in [0.1, 0.15) is 0 Å². The minimum atomic E-state index is 0.0146. The van der Waals surface area contributed by atoms with Crippen LogP contribution in [0.1, 0.15) is 23.8 Å². The van der Waals surface area contributed by atoms with Crippen LogP contribution >= 0.6 is 23.1 Å². The van der Waals surface area contributed by atoms with Gasteiger partial charge in [-0.2, -0.15) is 0 Å². The van der Waals surface area contributed by atoms with Crippen LogP contribution in [0.4, 0.5) is 0 Å². The predicted octanol–water partition coefficient (Wildman–Crippen LogP) is 4.12. The minimum absolute atomic E-state index is 0.0146. The lowest BCUT2D eigenvalue weighted by Gasteiger charge is -2.11. The van der Waals surface area contributed by atoms with Crippen molar-refractivity contribution < 1.29 is 4.79 Å². The van der Waals surface area contributed by atoms with E-state index in [1.807, 2.05) is 30.5 Å². The van der Waals surface area contributed by atoms with E-state index >= 15 is 0 Å². The minimum Gasteiger partial charge on any atom is -0.350 e. The first-order valence-corrected chi connectivity index (χ1v) is 9.14. The first kappa shape index (κ1) is 16.1. The topological polar surface area (TPSA) is 29.1 Å². The number of aryl methyl sites for hydroxylation is 1. The van der Waals surface area contributed by atoms with Gasteiger partial charge >= 0.3 is 0 Å². The van der Waals surface area contributed by atoms with Crippen molar-refractivity contribution in [3.05, 3.63) is 58.3 Å². The van der Waals surface area contributed by atoms with Gasteiger partial charge in [0.15, 0.2) is 0 Å². The number of amides is 1. The summed E-state index contributed by atoms with van der Waals surface area (Å²) < 4.78 is 0. The van der Waals surface area contributed by atoms with E-state index in [1.165, 1.54) is 10.4 Å². The van der Waals surface area contributed by atoms with Gasteiger partial charge in [-0.15, -0.1) is 23.1 Å². The van der Waals surface area contributed by atoms with Gasteiger partial charge in [0.25, 0.3) is 0 Å². The second-order valence-electron chi connectivity index (χ2n) is 4.90. The van der Waals surface area contributed by atoms with E-state index in [0.717, 1.165) is 18.6 Å². The molecule has 1 unspecified atom stereocenters. The highest BCUT2D eigenvalue weighted by Gasteiger charge is 2.12.